The Balaban J connectivity index is 2.19. The highest BCUT2D eigenvalue weighted by molar-refractivity contribution is 7.89. The quantitative estimate of drug-likeness (QED) is 0.683. The van der Waals surface area contributed by atoms with Crippen LogP contribution in [0.5, 0.6) is 0 Å². The van der Waals surface area contributed by atoms with Gasteiger partial charge in [-0.25, -0.2) is 21.1 Å². The number of nitrogens with zero attached hydrogens (tertiary/aromatic N) is 2. The first-order valence-electron chi connectivity index (χ1n) is 8.40. The van der Waals surface area contributed by atoms with Crippen LogP contribution in [-0.4, -0.2) is 59.0 Å². The van der Waals surface area contributed by atoms with E-state index in [1.165, 1.54) is 57.5 Å². The molecular weight excluding hydrogens is 438 g/mol. The van der Waals surface area contributed by atoms with E-state index in [0.717, 1.165) is 8.61 Å². The number of carbonyl (C=O) groups is 1. The van der Waals surface area contributed by atoms with Gasteiger partial charge in [-0.15, -0.1) is 0 Å². The van der Waals surface area contributed by atoms with Gasteiger partial charge in [-0.3, -0.25) is 4.79 Å². The molecule has 0 unspecified atom stereocenters. The second-order valence-electron chi connectivity index (χ2n) is 6.53. The first kappa shape index (κ1) is 23.3. The number of aryl methyl sites for hydroxylation is 1. The summed E-state index contributed by atoms with van der Waals surface area (Å²) in [5.41, 5.74) is 0.925. The lowest BCUT2D eigenvalue weighted by Crippen LogP contribution is -2.35. The van der Waals surface area contributed by atoms with Gasteiger partial charge in [-0.05, 0) is 48.9 Å². The van der Waals surface area contributed by atoms with E-state index in [4.69, 9.17) is 11.6 Å². The van der Waals surface area contributed by atoms with Crippen LogP contribution in [0.15, 0.2) is 52.3 Å². The molecule has 0 bridgehead atoms. The summed E-state index contributed by atoms with van der Waals surface area (Å²) in [6.45, 7) is 1.25. The van der Waals surface area contributed by atoms with Gasteiger partial charge in [0.2, 0.25) is 26.0 Å². The molecule has 0 fully saturated rings. The second kappa shape index (κ2) is 8.80. The molecule has 0 saturated heterocycles. The number of sulfonamides is 2. The lowest BCUT2D eigenvalue weighted by Gasteiger charge is -2.18. The van der Waals surface area contributed by atoms with Gasteiger partial charge in [-0.2, -0.15) is 4.31 Å². The molecule has 2 rings (SSSR count). The molecule has 0 aromatic heterocycles. The summed E-state index contributed by atoms with van der Waals surface area (Å²) in [4.78, 5) is 12.4. The minimum Gasteiger partial charge on any atom is -0.325 e. The van der Waals surface area contributed by atoms with Gasteiger partial charge in [0.05, 0.1) is 16.3 Å². The first-order chi connectivity index (χ1) is 13.4. The Morgan fingerprint density at radius 3 is 2.03 bits per heavy atom. The fourth-order valence-electron chi connectivity index (χ4n) is 2.37. The zero-order valence-electron chi connectivity index (χ0n) is 16.4. The molecule has 0 aliphatic rings. The van der Waals surface area contributed by atoms with Crippen molar-refractivity contribution < 1.29 is 21.6 Å². The third kappa shape index (κ3) is 5.34. The van der Waals surface area contributed by atoms with Gasteiger partial charge in [0, 0.05) is 31.9 Å². The number of carbonyl (C=O) groups excluding carboxylic acids is 1. The standard InChI is InChI=1S/C18H22ClN3O5S2/c1-13-5-8-16(28(24,25)21(2)3)11-17(13)20-18(23)12-22(4)29(26,27)15-9-6-14(19)7-10-15/h5-11H,12H2,1-4H3,(H,20,23). The SMILES string of the molecule is Cc1ccc(S(=O)(=O)N(C)C)cc1NC(=O)CN(C)S(=O)(=O)c1ccc(Cl)cc1. The van der Waals surface area contributed by atoms with E-state index in [2.05, 4.69) is 5.32 Å². The van der Waals surface area contributed by atoms with Crippen LogP contribution in [0.2, 0.25) is 5.02 Å². The van der Waals surface area contributed by atoms with Crippen LogP contribution >= 0.6 is 11.6 Å². The van der Waals surface area contributed by atoms with Gasteiger partial charge in [0.25, 0.3) is 0 Å². The van der Waals surface area contributed by atoms with E-state index in [0.29, 0.717) is 10.6 Å². The van der Waals surface area contributed by atoms with Crippen LogP contribution in [0.4, 0.5) is 5.69 Å². The molecule has 8 nitrogen and oxygen atoms in total. The molecule has 2 aromatic rings. The smallest absolute Gasteiger partial charge is 0.243 e. The van der Waals surface area contributed by atoms with Crippen LogP contribution in [0.3, 0.4) is 0 Å². The summed E-state index contributed by atoms with van der Waals surface area (Å²) in [6.07, 6.45) is 0. The van der Waals surface area contributed by atoms with E-state index in [1.54, 1.807) is 13.0 Å². The molecule has 1 N–H and O–H groups in total. The Labute approximate surface area is 176 Å². The minimum atomic E-state index is -3.88. The number of rotatable bonds is 7. The lowest BCUT2D eigenvalue weighted by molar-refractivity contribution is -0.116. The maximum absolute atomic E-state index is 12.6. The van der Waals surface area contributed by atoms with Gasteiger partial charge in [0.15, 0.2) is 0 Å². The number of nitrogens with one attached hydrogen (secondary N) is 1. The molecule has 2 aromatic carbocycles. The average Bonchev–Trinajstić information content (AvgIpc) is 2.63. The topological polar surface area (TPSA) is 104 Å². The maximum Gasteiger partial charge on any atom is 0.243 e. The molecule has 0 radical (unpaired) electrons. The van der Waals surface area contributed by atoms with Crippen molar-refractivity contribution in [1.82, 2.24) is 8.61 Å². The molecule has 0 saturated carbocycles. The summed E-state index contributed by atoms with van der Waals surface area (Å²) in [7, 11) is -3.46. The van der Waals surface area contributed by atoms with Crippen LogP contribution in [-0.2, 0) is 24.8 Å². The van der Waals surface area contributed by atoms with Crippen molar-refractivity contribution in [3.8, 4) is 0 Å². The summed E-state index contributed by atoms with van der Waals surface area (Å²) in [5, 5.41) is 2.97. The van der Waals surface area contributed by atoms with Crippen molar-refractivity contribution >= 4 is 43.2 Å². The summed E-state index contributed by atoms with van der Waals surface area (Å²) >= 11 is 5.78. The minimum absolute atomic E-state index is 0.00690. The second-order valence-corrected chi connectivity index (χ2v) is 11.2. The molecule has 0 aliphatic carbocycles. The van der Waals surface area contributed by atoms with Crippen molar-refractivity contribution in [3.05, 3.63) is 53.1 Å². The van der Waals surface area contributed by atoms with Crippen molar-refractivity contribution in [2.75, 3.05) is 33.0 Å². The fourth-order valence-corrected chi connectivity index (χ4v) is 4.55. The van der Waals surface area contributed by atoms with E-state index in [9.17, 15) is 21.6 Å². The summed E-state index contributed by atoms with van der Waals surface area (Å²) in [6, 6.07) is 9.95. The Hall–Kier alpha value is -1.98. The van der Waals surface area contributed by atoms with E-state index in [1.807, 2.05) is 0 Å². The molecule has 158 valence electrons. The van der Waals surface area contributed by atoms with Gasteiger partial charge in [-0.1, -0.05) is 17.7 Å². The number of anilines is 1. The van der Waals surface area contributed by atoms with Crippen LogP contribution in [0.1, 0.15) is 5.56 Å². The van der Waals surface area contributed by atoms with Gasteiger partial charge in [0.1, 0.15) is 0 Å². The molecule has 29 heavy (non-hydrogen) atoms. The zero-order valence-corrected chi connectivity index (χ0v) is 18.8. The Kier molecular flexibility index (Phi) is 7.07. The van der Waals surface area contributed by atoms with Crippen LogP contribution in [0, 0.1) is 6.92 Å². The molecular formula is C18H22ClN3O5S2. The van der Waals surface area contributed by atoms with Gasteiger partial charge < -0.3 is 5.32 Å². The monoisotopic (exact) mass is 459 g/mol. The van der Waals surface area contributed by atoms with E-state index < -0.39 is 32.5 Å². The molecule has 11 heteroatoms. The van der Waals surface area contributed by atoms with E-state index in [-0.39, 0.29) is 15.5 Å². The number of hydrogen-bond donors (Lipinski definition) is 1. The highest BCUT2D eigenvalue weighted by Gasteiger charge is 2.24. The van der Waals surface area contributed by atoms with Gasteiger partial charge >= 0.3 is 0 Å². The molecule has 0 spiro atoms. The highest BCUT2D eigenvalue weighted by Crippen LogP contribution is 2.22. The third-order valence-corrected chi connectivity index (χ3v) is 8.03. The van der Waals surface area contributed by atoms with Crippen LogP contribution < -0.4 is 5.32 Å². The Morgan fingerprint density at radius 2 is 1.48 bits per heavy atom. The predicted molar refractivity (Wildman–Crippen MR) is 112 cm³/mol. The highest BCUT2D eigenvalue weighted by atomic mass is 35.5. The Bertz CT molecular complexity index is 1110. The molecule has 0 atom stereocenters. The largest absolute Gasteiger partial charge is 0.325 e. The number of benzene rings is 2. The molecule has 0 heterocycles. The molecule has 0 aliphatic heterocycles. The fraction of sp³-hybridized carbons (Fsp3) is 0.278. The normalized spacial score (nSPS) is 12.4. The Morgan fingerprint density at radius 1 is 0.931 bits per heavy atom. The lowest BCUT2D eigenvalue weighted by atomic mass is 10.2. The first-order valence-corrected chi connectivity index (χ1v) is 11.7. The molecule has 1 amide bonds. The van der Waals surface area contributed by atoms with Crippen LogP contribution in [0.25, 0.3) is 0 Å². The predicted octanol–water partition coefficient (Wildman–Crippen LogP) is 2.16. The number of amides is 1. The summed E-state index contributed by atoms with van der Waals surface area (Å²) in [5.74, 6) is -0.604. The van der Waals surface area contributed by atoms with E-state index >= 15 is 0 Å². The van der Waals surface area contributed by atoms with Crippen molar-refractivity contribution in [3.63, 3.8) is 0 Å². The van der Waals surface area contributed by atoms with Crippen molar-refractivity contribution in [2.45, 2.75) is 16.7 Å². The zero-order chi connectivity index (χ0) is 22.0. The number of halogens is 1. The third-order valence-electron chi connectivity index (χ3n) is 4.15. The number of hydrogen-bond acceptors (Lipinski definition) is 5. The average molecular weight is 460 g/mol. The van der Waals surface area contributed by atoms with Crippen molar-refractivity contribution in [2.24, 2.45) is 0 Å². The number of likely N-dealkylation sites (N-methyl/N-ethyl adjacent to an activating group) is 1. The van der Waals surface area contributed by atoms with Crippen molar-refractivity contribution in [1.29, 1.82) is 0 Å². The maximum atomic E-state index is 12.6. The summed E-state index contributed by atoms with van der Waals surface area (Å²) < 4.78 is 51.7.